The molecule has 0 aromatic heterocycles. The molecule has 1 heterocycles. The second kappa shape index (κ2) is 11.2. The molecule has 13 heteroatoms. The Labute approximate surface area is 188 Å². The molecular formula is C20H23NO12. The third kappa shape index (κ3) is 7.42. The van der Waals surface area contributed by atoms with Crippen LogP contribution in [0.1, 0.15) is 27.7 Å². The molecule has 180 valence electrons. The Balaban J connectivity index is 2.43. The van der Waals surface area contributed by atoms with Crippen molar-refractivity contribution in [2.75, 3.05) is 6.61 Å². The van der Waals surface area contributed by atoms with Crippen molar-refractivity contribution in [2.24, 2.45) is 0 Å². The molecule has 0 spiro atoms. The van der Waals surface area contributed by atoms with Gasteiger partial charge in [0.15, 0.2) is 12.2 Å². The molecule has 5 atom stereocenters. The van der Waals surface area contributed by atoms with Crippen LogP contribution < -0.4 is 4.74 Å². The lowest BCUT2D eigenvalue weighted by Crippen LogP contribution is -2.63. The lowest BCUT2D eigenvalue weighted by atomic mass is 9.98. The van der Waals surface area contributed by atoms with Gasteiger partial charge in [0.25, 0.3) is 5.69 Å². The summed E-state index contributed by atoms with van der Waals surface area (Å²) in [5.41, 5.74) is -0.191. The van der Waals surface area contributed by atoms with E-state index in [1.807, 2.05) is 0 Å². The van der Waals surface area contributed by atoms with Crippen molar-refractivity contribution in [1.29, 1.82) is 0 Å². The predicted molar refractivity (Wildman–Crippen MR) is 106 cm³/mol. The zero-order valence-electron chi connectivity index (χ0n) is 18.2. The van der Waals surface area contributed by atoms with Crippen LogP contribution in [0.15, 0.2) is 24.3 Å². The quantitative estimate of drug-likeness (QED) is 0.230. The largest absolute Gasteiger partial charge is 0.463 e. The third-order valence-electron chi connectivity index (χ3n) is 4.25. The number of hydrogen-bond acceptors (Lipinski definition) is 12. The van der Waals surface area contributed by atoms with E-state index in [4.69, 9.17) is 28.4 Å². The maximum Gasteiger partial charge on any atom is 0.303 e. The van der Waals surface area contributed by atoms with E-state index in [0.29, 0.717) is 0 Å². The fraction of sp³-hybridized carbons (Fsp3) is 0.500. The van der Waals surface area contributed by atoms with Crippen LogP contribution in [0.25, 0.3) is 0 Å². The second-order valence-corrected chi connectivity index (χ2v) is 6.94. The van der Waals surface area contributed by atoms with Gasteiger partial charge < -0.3 is 28.4 Å². The number of rotatable bonds is 8. The number of carbonyl (C=O) groups is 4. The summed E-state index contributed by atoms with van der Waals surface area (Å²) in [5, 5.41) is 10.9. The molecule has 0 amide bonds. The van der Waals surface area contributed by atoms with Crippen LogP contribution in [-0.4, -0.2) is 66.1 Å². The van der Waals surface area contributed by atoms with Gasteiger partial charge in [-0.05, 0) is 12.1 Å². The molecule has 1 aromatic rings. The lowest BCUT2D eigenvalue weighted by molar-refractivity contribution is -0.384. The second-order valence-electron chi connectivity index (χ2n) is 6.94. The minimum atomic E-state index is -1.42. The summed E-state index contributed by atoms with van der Waals surface area (Å²) in [6.07, 6.45) is -6.69. The van der Waals surface area contributed by atoms with Gasteiger partial charge in [-0.15, -0.1) is 0 Å². The van der Waals surface area contributed by atoms with Gasteiger partial charge in [0.05, 0.1) is 4.92 Å². The monoisotopic (exact) mass is 469 g/mol. The molecule has 1 fully saturated rings. The van der Waals surface area contributed by atoms with Gasteiger partial charge >= 0.3 is 23.9 Å². The summed E-state index contributed by atoms with van der Waals surface area (Å²) in [6.45, 7) is 4.05. The van der Waals surface area contributed by atoms with Crippen molar-refractivity contribution in [3.63, 3.8) is 0 Å². The highest BCUT2D eigenvalue weighted by atomic mass is 16.7. The first-order valence-corrected chi connectivity index (χ1v) is 9.69. The third-order valence-corrected chi connectivity index (χ3v) is 4.25. The van der Waals surface area contributed by atoms with Crippen LogP contribution in [0.3, 0.4) is 0 Å². The van der Waals surface area contributed by atoms with E-state index in [1.165, 1.54) is 24.3 Å². The van der Waals surface area contributed by atoms with Crippen LogP contribution in [0.2, 0.25) is 0 Å². The molecule has 1 saturated heterocycles. The van der Waals surface area contributed by atoms with E-state index in [0.717, 1.165) is 27.7 Å². The van der Waals surface area contributed by atoms with Gasteiger partial charge in [-0.3, -0.25) is 29.3 Å². The fourth-order valence-corrected chi connectivity index (χ4v) is 3.06. The van der Waals surface area contributed by atoms with Crippen LogP contribution in [-0.2, 0) is 42.9 Å². The topological polar surface area (TPSA) is 167 Å². The van der Waals surface area contributed by atoms with E-state index in [1.54, 1.807) is 0 Å². The van der Waals surface area contributed by atoms with Gasteiger partial charge in [-0.2, -0.15) is 0 Å². The number of hydrogen-bond donors (Lipinski definition) is 0. The first-order valence-electron chi connectivity index (χ1n) is 9.69. The number of nitro benzene ring substituents is 1. The number of benzene rings is 1. The van der Waals surface area contributed by atoms with Crippen LogP contribution in [0.5, 0.6) is 5.75 Å². The number of non-ortho nitro benzene ring substituents is 1. The molecule has 2 rings (SSSR count). The van der Waals surface area contributed by atoms with Crippen molar-refractivity contribution >= 4 is 29.6 Å². The fourth-order valence-electron chi connectivity index (χ4n) is 3.06. The zero-order chi connectivity index (χ0) is 24.7. The molecule has 1 aliphatic heterocycles. The summed E-state index contributed by atoms with van der Waals surface area (Å²) in [5.74, 6) is -2.87. The first kappa shape index (κ1) is 25.5. The molecule has 0 aliphatic carbocycles. The number of esters is 4. The van der Waals surface area contributed by atoms with Crippen molar-refractivity contribution in [1.82, 2.24) is 0 Å². The van der Waals surface area contributed by atoms with E-state index in [9.17, 15) is 29.3 Å². The van der Waals surface area contributed by atoms with E-state index in [-0.39, 0.29) is 11.4 Å². The van der Waals surface area contributed by atoms with Gasteiger partial charge in [0, 0.05) is 39.8 Å². The molecule has 0 radical (unpaired) electrons. The smallest absolute Gasteiger partial charge is 0.303 e. The highest BCUT2D eigenvalue weighted by Crippen LogP contribution is 2.31. The van der Waals surface area contributed by atoms with Gasteiger partial charge in [-0.1, -0.05) is 0 Å². The zero-order valence-corrected chi connectivity index (χ0v) is 18.2. The van der Waals surface area contributed by atoms with Crippen LogP contribution >= 0.6 is 0 Å². The summed E-state index contributed by atoms with van der Waals surface area (Å²) in [4.78, 5) is 56.8. The summed E-state index contributed by atoms with van der Waals surface area (Å²) >= 11 is 0. The van der Waals surface area contributed by atoms with Gasteiger partial charge in [0.1, 0.15) is 18.5 Å². The predicted octanol–water partition coefficient (Wildman–Crippen LogP) is 1.06. The SMILES string of the molecule is CC(=O)OC[C@H]1O[C@@H](Oc2ccc([N+](=O)[O-])cc2)[C@@H](OC(C)=O)[C@@H](OC(C)=O)[C@H]1OC(C)=O. The van der Waals surface area contributed by atoms with Crippen molar-refractivity contribution in [3.8, 4) is 5.75 Å². The Morgan fingerprint density at radius 1 is 0.848 bits per heavy atom. The Kier molecular flexibility index (Phi) is 8.68. The first-order chi connectivity index (χ1) is 15.5. The maximum atomic E-state index is 11.8. The number of carbonyl (C=O) groups excluding carboxylic acids is 4. The molecule has 1 aromatic carbocycles. The van der Waals surface area contributed by atoms with Crippen molar-refractivity contribution < 1.29 is 52.5 Å². The highest BCUT2D eigenvalue weighted by Gasteiger charge is 2.53. The van der Waals surface area contributed by atoms with Crippen LogP contribution in [0.4, 0.5) is 5.69 Å². The molecular weight excluding hydrogens is 446 g/mol. The lowest BCUT2D eigenvalue weighted by Gasteiger charge is -2.43. The Morgan fingerprint density at radius 3 is 1.85 bits per heavy atom. The molecule has 0 bridgehead atoms. The highest BCUT2D eigenvalue weighted by molar-refractivity contribution is 5.68. The van der Waals surface area contributed by atoms with Crippen molar-refractivity contribution in [3.05, 3.63) is 34.4 Å². The van der Waals surface area contributed by atoms with Crippen molar-refractivity contribution in [2.45, 2.75) is 58.4 Å². The summed E-state index contributed by atoms with van der Waals surface area (Å²) < 4.78 is 32.3. The Bertz CT molecular complexity index is 899. The molecule has 33 heavy (non-hydrogen) atoms. The van der Waals surface area contributed by atoms with E-state index < -0.39 is 66.1 Å². The molecule has 13 nitrogen and oxygen atoms in total. The molecule has 0 N–H and O–H groups in total. The maximum absolute atomic E-state index is 11.8. The molecule has 1 aliphatic rings. The summed E-state index contributed by atoms with van der Waals surface area (Å²) in [7, 11) is 0. The standard InChI is InChI=1S/C20H23NO12/c1-10(22)28-9-16-17(29-11(2)23)18(30-12(3)24)19(31-13(4)25)20(33-16)32-15-7-5-14(6-8-15)21(26)27/h5-8,16-20H,9H2,1-4H3/t16-,17+,18+,19+,20-/m1/s1. The Hall–Kier alpha value is -3.74. The minimum absolute atomic E-state index is 0.0986. The normalized spacial score (nSPS) is 24.2. The number of ether oxygens (including phenoxy) is 6. The average Bonchev–Trinajstić information content (AvgIpc) is 2.70. The molecule has 0 saturated carbocycles. The van der Waals surface area contributed by atoms with Gasteiger partial charge in [0.2, 0.25) is 12.4 Å². The Morgan fingerprint density at radius 2 is 1.36 bits per heavy atom. The van der Waals surface area contributed by atoms with Gasteiger partial charge in [-0.25, -0.2) is 0 Å². The minimum Gasteiger partial charge on any atom is -0.463 e. The van der Waals surface area contributed by atoms with Crippen LogP contribution in [0, 0.1) is 10.1 Å². The average molecular weight is 469 g/mol. The summed E-state index contributed by atoms with van der Waals surface area (Å²) in [6, 6.07) is 4.93. The number of nitrogens with zero attached hydrogens (tertiary/aromatic N) is 1. The van der Waals surface area contributed by atoms with E-state index in [2.05, 4.69) is 0 Å². The number of nitro groups is 1. The molecule has 0 unspecified atom stereocenters. The van der Waals surface area contributed by atoms with E-state index >= 15 is 0 Å².